The van der Waals surface area contributed by atoms with E-state index in [0.29, 0.717) is 0 Å². The summed E-state index contributed by atoms with van der Waals surface area (Å²) in [5, 5.41) is 2.45. The van der Waals surface area contributed by atoms with E-state index in [1.54, 1.807) is 0 Å². The van der Waals surface area contributed by atoms with Gasteiger partial charge in [0.2, 0.25) is 0 Å². The Balaban J connectivity index is 1.78. The molecule has 1 aromatic heterocycles. The number of anilines is 2. The second-order valence-electron chi connectivity index (χ2n) is 5.51. The van der Waals surface area contributed by atoms with Gasteiger partial charge in [-0.1, -0.05) is 36.4 Å². The van der Waals surface area contributed by atoms with Gasteiger partial charge in [0, 0.05) is 30.4 Å². The van der Waals surface area contributed by atoms with Gasteiger partial charge in [0.05, 0.1) is 0 Å². The topological polar surface area (TPSA) is 42.1 Å². The highest BCUT2D eigenvalue weighted by Crippen LogP contribution is 2.30. The van der Waals surface area contributed by atoms with Crippen LogP contribution in [0.2, 0.25) is 0 Å². The average molecular weight is 275 g/mol. The number of aromatic nitrogens is 1. The van der Waals surface area contributed by atoms with Crippen molar-refractivity contribution in [2.75, 3.05) is 17.2 Å². The Morgan fingerprint density at radius 3 is 2.86 bits per heavy atom. The van der Waals surface area contributed by atoms with Gasteiger partial charge in [-0.15, -0.1) is 0 Å². The van der Waals surface area contributed by atoms with Gasteiger partial charge in [-0.2, -0.15) is 0 Å². The van der Waals surface area contributed by atoms with Crippen LogP contribution < -0.4 is 10.6 Å². The lowest BCUT2D eigenvalue weighted by Gasteiger charge is -2.31. The van der Waals surface area contributed by atoms with Gasteiger partial charge in [0.15, 0.2) is 0 Å². The molecule has 21 heavy (non-hydrogen) atoms. The molecule has 0 radical (unpaired) electrons. The predicted octanol–water partition coefficient (Wildman–Crippen LogP) is 3.38. The molecule has 0 unspecified atom stereocenters. The summed E-state index contributed by atoms with van der Waals surface area (Å²) in [5.41, 5.74) is 9.61. The van der Waals surface area contributed by atoms with Crippen molar-refractivity contribution in [1.29, 1.82) is 0 Å². The molecule has 0 aliphatic carbocycles. The molecule has 3 nitrogen and oxygen atoms in total. The third-order valence-electron chi connectivity index (χ3n) is 4.25. The van der Waals surface area contributed by atoms with E-state index >= 15 is 0 Å². The normalized spacial score (nSPS) is 14.2. The Morgan fingerprint density at radius 1 is 1.00 bits per heavy atom. The SMILES string of the molecule is Nc1cccc2c1CCN(c1nccc3ccccc13)C2. The minimum Gasteiger partial charge on any atom is -0.398 e. The summed E-state index contributed by atoms with van der Waals surface area (Å²) in [6, 6.07) is 16.7. The maximum atomic E-state index is 6.08. The quantitative estimate of drug-likeness (QED) is 0.692. The summed E-state index contributed by atoms with van der Waals surface area (Å²) in [6.07, 6.45) is 2.87. The Kier molecular flexibility index (Phi) is 2.78. The van der Waals surface area contributed by atoms with Crippen molar-refractivity contribution in [3.05, 3.63) is 65.9 Å². The van der Waals surface area contributed by atoms with Gasteiger partial charge in [0.1, 0.15) is 5.82 Å². The van der Waals surface area contributed by atoms with Gasteiger partial charge in [-0.25, -0.2) is 4.98 Å². The van der Waals surface area contributed by atoms with Gasteiger partial charge in [-0.3, -0.25) is 0 Å². The third-order valence-corrected chi connectivity index (χ3v) is 4.25. The number of hydrogen-bond acceptors (Lipinski definition) is 3. The zero-order valence-corrected chi connectivity index (χ0v) is 11.8. The van der Waals surface area contributed by atoms with E-state index < -0.39 is 0 Å². The minimum absolute atomic E-state index is 0.876. The van der Waals surface area contributed by atoms with Crippen molar-refractivity contribution < 1.29 is 0 Å². The van der Waals surface area contributed by atoms with E-state index in [1.165, 1.54) is 21.9 Å². The molecule has 104 valence electrons. The van der Waals surface area contributed by atoms with Gasteiger partial charge >= 0.3 is 0 Å². The number of pyridine rings is 1. The summed E-state index contributed by atoms with van der Waals surface area (Å²) in [4.78, 5) is 6.97. The summed E-state index contributed by atoms with van der Waals surface area (Å²) < 4.78 is 0. The molecule has 1 aliphatic rings. The summed E-state index contributed by atoms with van der Waals surface area (Å²) in [7, 11) is 0. The van der Waals surface area contributed by atoms with Crippen molar-refractivity contribution in [2.45, 2.75) is 13.0 Å². The molecule has 4 rings (SSSR count). The van der Waals surface area contributed by atoms with E-state index in [2.05, 4.69) is 46.3 Å². The fourth-order valence-electron chi connectivity index (χ4n) is 3.18. The number of hydrogen-bond donors (Lipinski definition) is 1. The maximum Gasteiger partial charge on any atom is 0.136 e. The Morgan fingerprint density at radius 2 is 1.90 bits per heavy atom. The van der Waals surface area contributed by atoms with Crippen LogP contribution in [0.4, 0.5) is 11.5 Å². The second kappa shape index (κ2) is 4.77. The molecule has 0 saturated carbocycles. The van der Waals surface area contributed by atoms with E-state index in [9.17, 15) is 0 Å². The molecule has 0 bridgehead atoms. The molecule has 2 N–H and O–H groups in total. The van der Waals surface area contributed by atoms with Crippen LogP contribution >= 0.6 is 0 Å². The van der Waals surface area contributed by atoms with E-state index in [-0.39, 0.29) is 0 Å². The van der Waals surface area contributed by atoms with E-state index in [4.69, 9.17) is 5.73 Å². The molecule has 2 heterocycles. The maximum absolute atomic E-state index is 6.08. The largest absolute Gasteiger partial charge is 0.398 e. The molecular formula is C18H17N3. The Bertz CT molecular complexity index is 805. The van der Waals surface area contributed by atoms with Gasteiger partial charge < -0.3 is 10.6 Å². The summed E-state index contributed by atoms with van der Waals surface area (Å²) >= 11 is 0. The van der Waals surface area contributed by atoms with Crippen LogP contribution in [0.1, 0.15) is 11.1 Å². The number of nitrogen functional groups attached to an aromatic ring is 1. The molecule has 2 aromatic carbocycles. The second-order valence-corrected chi connectivity index (χ2v) is 5.51. The molecule has 0 spiro atoms. The highest BCUT2D eigenvalue weighted by atomic mass is 15.2. The molecular weight excluding hydrogens is 258 g/mol. The first-order valence-electron chi connectivity index (χ1n) is 7.28. The van der Waals surface area contributed by atoms with Crippen LogP contribution in [0.15, 0.2) is 54.7 Å². The first-order valence-corrected chi connectivity index (χ1v) is 7.28. The molecule has 3 aromatic rings. The number of fused-ring (bicyclic) bond motifs is 2. The standard InChI is InChI=1S/C18H17N3/c19-17-7-3-5-14-12-21(11-9-15(14)17)18-16-6-2-1-4-13(16)8-10-20-18/h1-8,10H,9,11-12,19H2. The van der Waals surface area contributed by atoms with Crippen molar-refractivity contribution in [2.24, 2.45) is 0 Å². The lowest BCUT2D eigenvalue weighted by molar-refractivity contribution is 0.726. The molecule has 0 amide bonds. The number of rotatable bonds is 1. The fraction of sp³-hybridized carbons (Fsp3) is 0.167. The van der Waals surface area contributed by atoms with Crippen LogP contribution in [0.5, 0.6) is 0 Å². The van der Waals surface area contributed by atoms with Crippen LogP contribution in [0.3, 0.4) is 0 Å². The van der Waals surface area contributed by atoms with Crippen molar-refractivity contribution >= 4 is 22.3 Å². The molecule has 0 saturated heterocycles. The van der Waals surface area contributed by atoms with Gasteiger partial charge in [-0.05, 0) is 35.1 Å². The molecule has 1 aliphatic heterocycles. The zero-order valence-electron chi connectivity index (χ0n) is 11.8. The number of nitrogens with two attached hydrogens (primary N) is 1. The van der Waals surface area contributed by atoms with E-state index in [0.717, 1.165) is 31.0 Å². The van der Waals surface area contributed by atoms with Gasteiger partial charge in [0.25, 0.3) is 0 Å². The Labute approximate surface area is 124 Å². The van der Waals surface area contributed by atoms with Crippen molar-refractivity contribution in [3.8, 4) is 0 Å². The van der Waals surface area contributed by atoms with Crippen LogP contribution in [-0.4, -0.2) is 11.5 Å². The van der Waals surface area contributed by atoms with Crippen molar-refractivity contribution in [3.63, 3.8) is 0 Å². The lowest BCUT2D eigenvalue weighted by atomic mass is 9.97. The van der Waals surface area contributed by atoms with Crippen LogP contribution in [0, 0.1) is 0 Å². The monoisotopic (exact) mass is 275 g/mol. The highest BCUT2D eigenvalue weighted by Gasteiger charge is 2.20. The number of nitrogens with zero attached hydrogens (tertiary/aromatic N) is 2. The smallest absolute Gasteiger partial charge is 0.136 e. The van der Waals surface area contributed by atoms with E-state index in [1.807, 2.05) is 18.3 Å². The first kappa shape index (κ1) is 12.2. The number of benzene rings is 2. The highest BCUT2D eigenvalue weighted by molar-refractivity contribution is 5.92. The zero-order chi connectivity index (χ0) is 14.2. The third kappa shape index (κ3) is 2.02. The predicted molar refractivity (Wildman–Crippen MR) is 87.4 cm³/mol. The lowest BCUT2D eigenvalue weighted by Crippen LogP contribution is -2.31. The van der Waals surface area contributed by atoms with Crippen molar-refractivity contribution in [1.82, 2.24) is 4.98 Å². The first-order chi connectivity index (χ1) is 10.3. The molecule has 0 atom stereocenters. The minimum atomic E-state index is 0.876. The fourth-order valence-corrected chi connectivity index (χ4v) is 3.18. The Hall–Kier alpha value is -2.55. The van der Waals surface area contributed by atoms with Crippen LogP contribution in [0.25, 0.3) is 10.8 Å². The van der Waals surface area contributed by atoms with Crippen LogP contribution in [-0.2, 0) is 13.0 Å². The summed E-state index contributed by atoms with van der Waals surface area (Å²) in [5.74, 6) is 1.07. The molecule has 3 heteroatoms. The molecule has 0 fully saturated rings. The average Bonchev–Trinajstić information content (AvgIpc) is 2.54. The summed E-state index contributed by atoms with van der Waals surface area (Å²) in [6.45, 7) is 1.84.